The van der Waals surface area contributed by atoms with Gasteiger partial charge in [-0.3, -0.25) is 0 Å². The van der Waals surface area contributed by atoms with Gasteiger partial charge in [-0.1, -0.05) is 44.2 Å². The minimum absolute atomic E-state index is 0.424. The first-order chi connectivity index (χ1) is 8.79. The van der Waals surface area contributed by atoms with Crippen LogP contribution in [0, 0.1) is 0 Å². The highest BCUT2D eigenvalue weighted by Gasteiger charge is 2.18. The van der Waals surface area contributed by atoms with Crippen molar-refractivity contribution in [2.24, 2.45) is 0 Å². The van der Waals surface area contributed by atoms with Crippen LogP contribution in [0.25, 0.3) is 0 Å². The lowest BCUT2D eigenvalue weighted by Crippen LogP contribution is -2.29. The summed E-state index contributed by atoms with van der Waals surface area (Å²) >= 11 is 1.97. The summed E-state index contributed by atoms with van der Waals surface area (Å²) in [6.07, 6.45) is 1.17. The zero-order valence-electron chi connectivity index (χ0n) is 11.7. The van der Waals surface area contributed by atoms with Gasteiger partial charge in [0.1, 0.15) is 0 Å². The van der Waals surface area contributed by atoms with Crippen LogP contribution in [-0.2, 0) is 4.74 Å². The molecule has 2 unspecified atom stereocenters. The number of nitrogens with one attached hydrogen (secondary N) is 1. The van der Waals surface area contributed by atoms with Crippen LogP contribution in [0.3, 0.4) is 0 Å². The smallest absolute Gasteiger partial charge is 0.0553 e. The molecule has 0 heterocycles. The van der Waals surface area contributed by atoms with E-state index in [-0.39, 0.29) is 0 Å². The maximum absolute atomic E-state index is 5.12. The lowest BCUT2D eigenvalue weighted by Gasteiger charge is -2.25. The van der Waals surface area contributed by atoms with Crippen LogP contribution in [0.1, 0.15) is 31.9 Å². The van der Waals surface area contributed by atoms with E-state index in [1.807, 2.05) is 11.8 Å². The number of benzene rings is 1. The Hall–Kier alpha value is -0.510. The summed E-state index contributed by atoms with van der Waals surface area (Å²) < 4.78 is 5.12. The van der Waals surface area contributed by atoms with Crippen molar-refractivity contribution in [3.05, 3.63) is 35.9 Å². The van der Waals surface area contributed by atoms with E-state index in [1.165, 1.54) is 12.0 Å². The van der Waals surface area contributed by atoms with E-state index in [1.54, 1.807) is 7.11 Å². The highest BCUT2D eigenvalue weighted by atomic mass is 32.2. The number of hydrogen-bond donors (Lipinski definition) is 1. The van der Waals surface area contributed by atoms with Gasteiger partial charge in [0.2, 0.25) is 0 Å². The zero-order chi connectivity index (χ0) is 13.2. The number of hydrogen-bond acceptors (Lipinski definition) is 3. The fraction of sp³-hybridized carbons (Fsp3) is 0.600. The minimum Gasteiger partial charge on any atom is -0.384 e. The summed E-state index contributed by atoms with van der Waals surface area (Å²) in [5, 5.41) is 4.20. The number of ether oxygens (including phenoxy) is 1. The molecule has 0 radical (unpaired) electrons. The van der Waals surface area contributed by atoms with Crippen LogP contribution in [-0.4, -0.2) is 31.3 Å². The first-order valence-electron chi connectivity index (χ1n) is 6.68. The van der Waals surface area contributed by atoms with E-state index < -0.39 is 0 Å². The van der Waals surface area contributed by atoms with Gasteiger partial charge in [-0.15, -0.1) is 0 Å². The molecule has 0 fully saturated rings. The van der Waals surface area contributed by atoms with Crippen LogP contribution in [0.2, 0.25) is 0 Å². The number of methoxy groups -OCH3 is 1. The third-order valence-electron chi connectivity index (χ3n) is 2.91. The molecule has 0 aromatic heterocycles. The molecule has 2 nitrogen and oxygen atoms in total. The maximum Gasteiger partial charge on any atom is 0.0553 e. The molecule has 0 spiro atoms. The topological polar surface area (TPSA) is 21.3 Å². The van der Waals surface area contributed by atoms with Gasteiger partial charge in [-0.25, -0.2) is 0 Å². The van der Waals surface area contributed by atoms with E-state index in [0.29, 0.717) is 11.3 Å². The molecule has 2 atom stereocenters. The van der Waals surface area contributed by atoms with Gasteiger partial charge in [0.05, 0.1) is 6.61 Å². The summed E-state index contributed by atoms with van der Waals surface area (Å²) in [6.45, 7) is 6.39. The van der Waals surface area contributed by atoms with E-state index in [4.69, 9.17) is 4.74 Å². The van der Waals surface area contributed by atoms with Gasteiger partial charge < -0.3 is 10.1 Å². The molecule has 0 saturated carbocycles. The maximum atomic E-state index is 5.12. The van der Waals surface area contributed by atoms with Gasteiger partial charge >= 0.3 is 0 Å². The molecule has 0 saturated heterocycles. The Labute approximate surface area is 116 Å². The largest absolute Gasteiger partial charge is 0.384 e. The molecular weight excluding hydrogens is 242 g/mol. The standard InChI is InChI=1S/C15H25NOS/c1-4-10-16-15(13(2)18-12-11-17-3)14-8-6-5-7-9-14/h5-9,13,15-16H,4,10-12H2,1-3H3. The Balaban J connectivity index is 2.59. The second kappa shape index (κ2) is 9.42. The highest BCUT2D eigenvalue weighted by molar-refractivity contribution is 7.99. The predicted octanol–water partition coefficient (Wildman–Crippen LogP) is 3.50. The third kappa shape index (κ3) is 5.42. The average molecular weight is 267 g/mol. The van der Waals surface area contributed by atoms with Crippen LogP contribution < -0.4 is 5.32 Å². The quantitative estimate of drug-likeness (QED) is 0.692. The van der Waals surface area contributed by atoms with Crippen molar-refractivity contribution < 1.29 is 4.74 Å². The summed E-state index contributed by atoms with van der Waals surface area (Å²) in [5.74, 6) is 1.05. The minimum atomic E-state index is 0.424. The lowest BCUT2D eigenvalue weighted by molar-refractivity contribution is 0.218. The van der Waals surface area contributed by atoms with Crippen molar-refractivity contribution in [3.8, 4) is 0 Å². The molecule has 1 N–H and O–H groups in total. The van der Waals surface area contributed by atoms with Gasteiger partial charge in [-0.05, 0) is 18.5 Å². The molecule has 1 rings (SSSR count). The van der Waals surface area contributed by atoms with Gasteiger partial charge in [0.25, 0.3) is 0 Å². The first-order valence-corrected chi connectivity index (χ1v) is 7.73. The van der Waals surface area contributed by atoms with Crippen molar-refractivity contribution >= 4 is 11.8 Å². The van der Waals surface area contributed by atoms with Crippen molar-refractivity contribution in [1.29, 1.82) is 0 Å². The van der Waals surface area contributed by atoms with Gasteiger partial charge in [0, 0.05) is 24.2 Å². The molecule has 0 amide bonds. The van der Waals surface area contributed by atoms with Crippen molar-refractivity contribution in [2.75, 3.05) is 26.0 Å². The Kier molecular flexibility index (Phi) is 8.14. The van der Waals surface area contributed by atoms with E-state index >= 15 is 0 Å². The molecular formula is C15H25NOS. The normalized spacial score (nSPS) is 14.4. The summed E-state index contributed by atoms with van der Waals surface area (Å²) in [5.41, 5.74) is 1.38. The van der Waals surface area contributed by atoms with E-state index in [0.717, 1.165) is 18.9 Å². The molecule has 1 aromatic carbocycles. The van der Waals surface area contributed by atoms with Crippen molar-refractivity contribution in [2.45, 2.75) is 31.6 Å². The SMILES string of the molecule is CCCNC(c1ccccc1)C(C)SCCOC. The molecule has 3 heteroatoms. The Bertz CT molecular complexity index is 305. The van der Waals surface area contributed by atoms with Gasteiger partial charge in [0.15, 0.2) is 0 Å². The second-order valence-electron chi connectivity index (χ2n) is 4.41. The fourth-order valence-electron chi connectivity index (χ4n) is 1.93. The van der Waals surface area contributed by atoms with E-state index in [2.05, 4.69) is 49.5 Å². The predicted molar refractivity (Wildman–Crippen MR) is 81.3 cm³/mol. The first kappa shape index (κ1) is 15.5. The molecule has 102 valence electrons. The molecule has 0 aliphatic carbocycles. The van der Waals surface area contributed by atoms with Crippen molar-refractivity contribution in [3.63, 3.8) is 0 Å². The fourth-order valence-corrected chi connectivity index (χ4v) is 3.01. The molecule has 0 bridgehead atoms. The highest BCUT2D eigenvalue weighted by Crippen LogP contribution is 2.26. The summed E-state index contributed by atoms with van der Waals surface area (Å²) in [6, 6.07) is 11.1. The number of rotatable bonds is 9. The Morgan fingerprint density at radius 3 is 2.61 bits per heavy atom. The lowest BCUT2D eigenvalue weighted by atomic mass is 10.0. The molecule has 0 aliphatic rings. The van der Waals surface area contributed by atoms with Crippen molar-refractivity contribution in [1.82, 2.24) is 5.32 Å². The molecule has 18 heavy (non-hydrogen) atoms. The Morgan fingerprint density at radius 1 is 1.28 bits per heavy atom. The summed E-state index contributed by atoms with van der Waals surface area (Å²) in [7, 11) is 1.76. The van der Waals surface area contributed by atoms with Gasteiger partial charge in [-0.2, -0.15) is 11.8 Å². The second-order valence-corrected chi connectivity index (χ2v) is 5.90. The van der Waals surface area contributed by atoms with Crippen LogP contribution in [0.4, 0.5) is 0 Å². The van der Waals surface area contributed by atoms with Crippen LogP contribution in [0.15, 0.2) is 30.3 Å². The third-order valence-corrected chi connectivity index (χ3v) is 4.11. The Morgan fingerprint density at radius 2 is 2.00 bits per heavy atom. The average Bonchev–Trinajstić information content (AvgIpc) is 2.41. The number of thioether (sulfide) groups is 1. The van der Waals surface area contributed by atoms with Crippen LogP contribution in [0.5, 0.6) is 0 Å². The molecule has 0 aliphatic heterocycles. The van der Waals surface area contributed by atoms with Crippen LogP contribution >= 0.6 is 11.8 Å². The monoisotopic (exact) mass is 267 g/mol. The summed E-state index contributed by atoms with van der Waals surface area (Å²) in [4.78, 5) is 0. The van der Waals surface area contributed by atoms with E-state index in [9.17, 15) is 0 Å². The molecule has 1 aromatic rings. The zero-order valence-corrected chi connectivity index (χ0v) is 12.5.